The normalized spacial score (nSPS) is 23.6. The number of anilines is 1. The van der Waals surface area contributed by atoms with Crippen LogP contribution >= 0.6 is 0 Å². The number of likely N-dealkylation sites (N-methyl/N-ethyl adjacent to an activating group) is 1. The van der Waals surface area contributed by atoms with Crippen LogP contribution in [-0.2, 0) is 16.4 Å². The Kier molecular flexibility index (Phi) is 5.24. The summed E-state index contributed by atoms with van der Waals surface area (Å²) in [7, 11) is -0.620. The second kappa shape index (κ2) is 7.20. The van der Waals surface area contributed by atoms with E-state index in [1.165, 1.54) is 18.5 Å². The van der Waals surface area contributed by atoms with Crippen LogP contribution in [0, 0.1) is 0 Å². The maximum absolute atomic E-state index is 11.5. The van der Waals surface area contributed by atoms with Gasteiger partial charge in [0.2, 0.25) is 0 Å². The van der Waals surface area contributed by atoms with Gasteiger partial charge in [0.05, 0.1) is 11.5 Å². The predicted molar refractivity (Wildman–Crippen MR) is 94.7 cm³/mol. The Morgan fingerprint density at radius 2 is 1.61 bits per heavy atom. The van der Waals surface area contributed by atoms with Crippen LogP contribution in [-0.4, -0.2) is 76.0 Å². The van der Waals surface area contributed by atoms with E-state index in [0.29, 0.717) is 13.1 Å². The average Bonchev–Trinajstić information content (AvgIpc) is 2.73. The van der Waals surface area contributed by atoms with Crippen LogP contribution in [0.2, 0.25) is 0 Å². The fourth-order valence-corrected chi connectivity index (χ4v) is 4.50. The van der Waals surface area contributed by atoms with Gasteiger partial charge in [0.1, 0.15) is 0 Å². The standard InChI is InChI=1S/C17H27N3O2S/c1-18-7-2-8-19(10-9-18)15-16-3-5-17(6-4-16)20-11-13-23(21,22)14-12-20/h3-6H,2,7-15H2,1H3. The van der Waals surface area contributed by atoms with Crippen molar-refractivity contribution in [3.63, 3.8) is 0 Å². The molecular formula is C17H27N3O2S. The number of benzene rings is 1. The van der Waals surface area contributed by atoms with Crippen LogP contribution in [0.4, 0.5) is 5.69 Å². The fraction of sp³-hybridized carbons (Fsp3) is 0.647. The molecule has 128 valence electrons. The van der Waals surface area contributed by atoms with Gasteiger partial charge >= 0.3 is 0 Å². The van der Waals surface area contributed by atoms with Gasteiger partial charge in [-0.3, -0.25) is 4.90 Å². The molecule has 1 aromatic carbocycles. The minimum atomic E-state index is -2.81. The Bertz CT molecular complexity index is 601. The van der Waals surface area contributed by atoms with Crippen molar-refractivity contribution in [2.75, 3.05) is 62.7 Å². The molecule has 0 spiro atoms. The first-order valence-corrected chi connectivity index (χ1v) is 10.3. The highest BCUT2D eigenvalue weighted by Gasteiger charge is 2.21. The summed E-state index contributed by atoms with van der Waals surface area (Å²) >= 11 is 0. The van der Waals surface area contributed by atoms with Crippen LogP contribution in [0.3, 0.4) is 0 Å². The lowest BCUT2D eigenvalue weighted by atomic mass is 10.1. The Morgan fingerprint density at radius 3 is 2.30 bits per heavy atom. The lowest BCUT2D eigenvalue weighted by Gasteiger charge is -2.29. The third-order valence-electron chi connectivity index (χ3n) is 4.86. The van der Waals surface area contributed by atoms with Crippen molar-refractivity contribution < 1.29 is 8.42 Å². The maximum Gasteiger partial charge on any atom is 0.153 e. The van der Waals surface area contributed by atoms with E-state index in [9.17, 15) is 8.42 Å². The van der Waals surface area contributed by atoms with Gasteiger partial charge in [-0.25, -0.2) is 8.42 Å². The third kappa shape index (κ3) is 4.68. The second-order valence-corrected chi connectivity index (χ2v) is 9.04. The smallest absolute Gasteiger partial charge is 0.153 e. The van der Waals surface area contributed by atoms with Crippen LogP contribution in [0.5, 0.6) is 0 Å². The number of hydrogen-bond acceptors (Lipinski definition) is 5. The molecule has 0 amide bonds. The Balaban J connectivity index is 1.57. The zero-order valence-corrected chi connectivity index (χ0v) is 14.8. The Morgan fingerprint density at radius 1 is 0.913 bits per heavy atom. The van der Waals surface area contributed by atoms with Gasteiger partial charge in [0, 0.05) is 38.4 Å². The molecule has 6 heteroatoms. The van der Waals surface area contributed by atoms with Gasteiger partial charge in [0.25, 0.3) is 0 Å². The number of rotatable bonds is 3. The van der Waals surface area contributed by atoms with Gasteiger partial charge in [0.15, 0.2) is 9.84 Å². The molecule has 0 unspecified atom stereocenters. The fourth-order valence-electron chi connectivity index (χ4n) is 3.30. The van der Waals surface area contributed by atoms with E-state index in [-0.39, 0.29) is 11.5 Å². The summed E-state index contributed by atoms with van der Waals surface area (Å²) in [5.74, 6) is 0.548. The van der Waals surface area contributed by atoms with E-state index < -0.39 is 9.84 Å². The molecular weight excluding hydrogens is 310 g/mol. The minimum Gasteiger partial charge on any atom is -0.369 e. The van der Waals surface area contributed by atoms with Gasteiger partial charge in [-0.05, 0) is 44.3 Å². The van der Waals surface area contributed by atoms with Crippen molar-refractivity contribution in [1.29, 1.82) is 0 Å². The zero-order chi connectivity index (χ0) is 16.3. The van der Waals surface area contributed by atoms with Gasteiger partial charge in [-0.15, -0.1) is 0 Å². The monoisotopic (exact) mass is 337 g/mol. The summed E-state index contributed by atoms with van der Waals surface area (Å²) < 4.78 is 23.0. The first kappa shape index (κ1) is 16.7. The van der Waals surface area contributed by atoms with Crippen molar-refractivity contribution in [2.24, 2.45) is 0 Å². The molecule has 2 aliphatic rings. The molecule has 2 heterocycles. The summed E-state index contributed by atoms with van der Waals surface area (Å²) in [6.07, 6.45) is 1.23. The van der Waals surface area contributed by atoms with Crippen molar-refractivity contribution in [1.82, 2.24) is 9.80 Å². The highest BCUT2D eigenvalue weighted by Crippen LogP contribution is 2.19. The Hall–Kier alpha value is -1.11. The van der Waals surface area contributed by atoms with Crippen LogP contribution in [0.25, 0.3) is 0 Å². The van der Waals surface area contributed by atoms with E-state index in [1.807, 2.05) is 0 Å². The molecule has 0 aromatic heterocycles. The molecule has 2 fully saturated rings. The first-order chi connectivity index (χ1) is 11.0. The molecule has 1 aromatic rings. The summed E-state index contributed by atoms with van der Waals surface area (Å²) in [5.41, 5.74) is 2.47. The molecule has 2 saturated heterocycles. The molecule has 2 aliphatic heterocycles. The first-order valence-electron chi connectivity index (χ1n) is 8.47. The number of nitrogens with zero attached hydrogens (tertiary/aromatic N) is 3. The van der Waals surface area contributed by atoms with Crippen molar-refractivity contribution in [2.45, 2.75) is 13.0 Å². The van der Waals surface area contributed by atoms with Gasteiger partial charge in [-0.1, -0.05) is 12.1 Å². The molecule has 0 bridgehead atoms. The molecule has 0 N–H and O–H groups in total. The average molecular weight is 337 g/mol. The van der Waals surface area contributed by atoms with E-state index in [4.69, 9.17) is 0 Å². The summed E-state index contributed by atoms with van der Waals surface area (Å²) in [4.78, 5) is 7.09. The highest BCUT2D eigenvalue weighted by atomic mass is 32.2. The summed E-state index contributed by atoms with van der Waals surface area (Å²) in [5, 5.41) is 0. The van der Waals surface area contributed by atoms with Crippen molar-refractivity contribution in [3.8, 4) is 0 Å². The van der Waals surface area contributed by atoms with E-state index in [1.54, 1.807) is 0 Å². The molecule has 0 atom stereocenters. The quantitative estimate of drug-likeness (QED) is 0.825. The predicted octanol–water partition coefficient (Wildman–Crippen LogP) is 1.06. The van der Waals surface area contributed by atoms with Crippen LogP contribution in [0.15, 0.2) is 24.3 Å². The van der Waals surface area contributed by atoms with Crippen LogP contribution in [0.1, 0.15) is 12.0 Å². The van der Waals surface area contributed by atoms with E-state index in [2.05, 4.69) is 46.0 Å². The summed E-state index contributed by atoms with van der Waals surface area (Å²) in [6.45, 7) is 6.84. The SMILES string of the molecule is CN1CCCN(Cc2ccc(N3CCS(=O)(=O)CC3)cc2)CC1. The lowest BCUT2D eigenvalue weighted by molar-refractivity contribution is 0.269. The molecule has 5 nitrogen and oxygen atoms in total. The number of hydrogen-bond donors (Lipinski definition) is 0. The van der Waals surface area contributed by atoms with Crippen molar-refractivity contribution >= 4 is 15.5 Å². The Labute approximate surface area is 139 Å². The third-order valence-corrected chi connectivity index (χ3v) is 6.47. The van der Waals surface area contributed by atoms with Gasteiger partial charge < -0.3 is 9.80 Å². The van der Waals surface area contributed by atoms with Gasteiger partial charge in [-0.2, -0.15) is 0 Å². The zero-order valence-electron chi connectivity index (χ0n) is 13.9. The molecule has 0 aliphatic carbocycles. The second-order valence-electron chi connectivity index (χ2n) is 6.74. The van der Waals surface area contributed by atoms with E-state index in [0.717, 1.165) is 31.9 Å². The number of sulfone groups is 1. The maximum atomic E-state index is 11.5. The highest BCUT2D eigenvalue weighted by molar-refractivity contribution is 7.91. The lowest BCUT2D eigenvalue weighted by Crippen LogP contribution is -2.40. The minimum absolute atomic E-state index is 0.274. The molecule has 0 radical (unpaired) electrons. The van der Waals surface area contributed by atoms with Crippen LogP contribution < -0.4 is 4.90 Å². The molecule has 23 heavy (non-hydrogen) atoms. The summed E-state index contributed by atoms with van der Waals surface area (Å²) in [6, 6.07) is 8.65. The largest absolute Gasteiger partial charge is 0.369 e. The molecule has 3 rings (SSSR count). The molecule has 0 saturated carbocycles. The van der Waals surface area contributed by atoms with Crippen molar-refractivity contribution in [3.05, 3.63) is 29.8 Å². The van der Waals surface area contributed by atoms with E-state index >= 15 is 0 Å². The topological polar surface area (TPSA) is 43.9 Å².